The predicted octanol–water partition coefficient (Wildman–Crippen LogP) is 6.94. The first kappa shape index (κ1) is 23.1. The maximum atomic E-state index is 11.1. The van der Waals surface area contributed by atoms with Crippen LogP contribution in [0.25, 0.3) is 11.6 Å². The monoisotopic (exact) mass is 468 g/mol. The lowest BCUT2D eigenvalue weighted by atomic mass is 10.0. The van der Waals surface area contributed by atoms with Gasteiger partial charge in [0.1, 0.15) is 6.61 Å². The van der Waals surface area contributed by atoms with E-state index in [-0.39, 0.29) is 17.9 Å². The van der Waals surface area contributed by atoms with Crippen LogP contribution in [0.1, 0.15) is 23.6 Å². The molecule has 0 N–H and O–H groups in total. The number of hydrogen-bond acceptors (Lipinski definition) is 5. The molecule has 0 aromatic heterocycles. The SMILES string of the molecule is CCOc1cc(/C=C(/C#N)c2cccc([N+](=O)[O-])c2)cc(Cl)c1OCc1ccccc1Cl. The molecule has 0 atom stereocenters. The van der Waals surface area contributed by atoms with Crippen LogP contribution in [0.5, 0.6) is 11.5 Å². The fraction of sp³-hybridized carbons (Fsp3) is 0.125. The second-order valence-corrected chi connectivity index (χ2v) is 7.43. The molecule has 0 aliphatic carbocycles. The summed E-state index contributed by atoms with van der Waals surface area (Å²) in [5, 5.41) is 21.5. The lowest BCUT2D eigenvalue weighted by Gasteiger charge is -2.15. The minimum absolute atomic E-state index is 0.0972. The van der Waals surface area contributed by atoms with E-state index in [9.17, 15) is 15.4 Å². The molecule has 0 amide bonds. The first-order chi connectivity index (χ1) is 15.4. The average Bonchev–Trinajstić information content (AvgIpc) is 2.78. The van der Waals surface area contributed by atoms with E-state index in [2.05, 4.69) is 6.07 Å². The van der Waals surface area contributed by atoms with E-state index >= 15 is 0 Å². The van der Waals surface area contributed by atoms with Gasteiger partial charge in [0.05, 0.1) is 28.2 Å². The smallest absolute Gasteiger partial charge is 0.270 e. The number of nitriles is 1. The average molecular weight is 469 g/mol. The molecule has 0 fully saturated rings. The summed E-state index contributed by atoms with van der Waals surface area (Å²) in [5.41, 5.74) is 1.97. The van der Waals surface area contributed by atoms with Crippen molar-refractivity contribution in [3.05, 3.63) is 97.5 Å². The van der Waals surface area contributed by atoms with E-state index in [1.807, 2.05) is 25.1 Å². The topological polar surface area (TPSA) is 85.4 Å². The van der Waals surface area contributed by atoms with Crippen LogP contribution < -0.4 is 9.47 Å². The zero-order valence-corrected chi connectivity index (χ0v) is 18.6. The Balaban J connectivity index is 1.95. The van der Waals surface area contributed by atoms with Gasteiger partial charge in [-0.05, 0) is 42.3 Å². The third-order valence-electron chi connectivity index (χ3n) is 4.46. The Morgan fingerprint density at radius 1 is 1.09 bits per heavy atom. The summed E-state index contributed by atoms with van der Waals surface area (Å²) in [6, 6.07) is 18.6. The lowest BCUT2D eigenvalue weighted by molar-refractivity contribution is -0.384. The molecule has 0 aliphatic heterocycles. The number of ether oxygens (including phenoxy) is 2. The van der Waals surface area contributed by atoms with Gasteiger partial charge in [0.2, 0.25) is 0 Å². The highest BCUT2D eigenvalue weighted by Gasteiger charge is 2.15. The van der Waals surface area contributed by atoms with Gasteiger partial charge in [-0.15, -0.1) is 0 Å². The van der Waals surface area contributed by atoms with Crippen LogP contribution in [0, 0.1) is 21.4 Å². The molecule has 0 heterocycles. The van der Waals surface area contributed by atoms with E-state index in [1.54, 1.807) is 30.3 Å². The van der Waals surface area contributed by atoms with E-state index in [4.69, 9.17) is 32.7 Å². The van der Waals surface area contributed by atoms with E-state index < -0.39 is 4.92 Å². The Labute approximate surface area is 195 Å². The van der Waals surface area contributed by atoms with Gasteiger partial charge in [-0.3, -0.25) is 10.1 Å². The minimum Gasteiger partial charge on any atom is -0.490 e. The van der Waals surface area contributed by atoms with Crippen molar-refractivity contribution in [3.8, 4) is 17.6 Å². The van der Waals surface area contributed by atoms with E-state index in [1.165, 1.54) is 18.2 Å². The van der Waals surface area contributed by atoms with Gasteiger partial charge in [0.25, 0.3) is 5.69 Å². The normalized spacial score (nSPS) is 11.0. The van der Waals surface area contributed by atoms with Gasteiger partial charge >= 0.3 is 0 Å². The summed E-state index contributed by atoms with van der Waals surface area (Å²) < 4.78 is 11.6. The first-order valence-corrected chi connectivity index (χ1v) is 10.4. The molecule has 0 aliphatic rings. The molecule has 0 saturated heterocycles. The van der Waals surface area contributed by atoms with Crippen molar-refractivity contribution in [2.24, 2.45) is 0 Å². The molecule has 0 spiro atoms. The Morgan fingerprint density at radius 2 is 1.88 bits per heavy atom. The summed E-state index contributed by atoms with van der Waals surface area (Å²) in [5.74, 6) is 0.772. The fourth-order valence-corrected chi connectivity index (χ4v) is 3.44. The number of nitro groups is 1. The summed E-state index contributed by atoms with van der Waals surface area (Å²) in [4.78, 5) is 10.5. The van der Waals surface area contributed by atoms with Crippen LogP contribution in [0.3, 0.4) is 0 Å². The summed E-state index contributed by atoms with van der Waals surface area (Å²) in [7, 11) is 0. The molecule has 6 nitrogen and oxygen atoms in total. The second kappa shape index (κ2) is 10.7. The van der Waals surface area contributed by atoms with Crippen LogP contribution in [0.15, 0.2) is 60.7 Å². The van der Waals surface area contributed by atoms with Crippen LogP contribution in [-0.2, 0) is 6.61 Å². The standard InChI is InChI=1S/C24H18Cl2N2O4/c1-2-31-23-12-16(10-19(14-27)17-7-5-8-20(13-17)28(29)30)11-22(26)24(23)32-15-18-6-3-4-9-21(18)25/h3-13H,2,15H2,1H3/b19-10-. The highest BCUT2D eigenvalue weighted by Crippen LogP contribution is 2.38. The van der Waals surface area contributed by atoms with E-state index in [0.717, 1.165) is 5.56 Å². The Bertz CT molecular complexity index is 1220. The molecule has 0 unspecified atom stereocenters. The Hall–Kier alpha value is -3.53. The van der Waals surface area contributed by atoms with Crippen molar-refractivity contribution in [3.63, 3.8) is 0 Å². The van der Waals surface area contributed by atoms with Gasteiger partial charge in [0.15, 0.2) is 11.5 Å². The molecule has 8 heteroatoms. The van der Waals surface area contributed by atoms with Crippen molar-refractivity contribution in [1.82, 2.24) is 0 Å². The number of benzene rings is 3. The number of allylic oxidation sites excluding steroid dienone is 1. The maximum Gasteiger partial charge on any atom is 0.270 e. The molecular weight excluding hydrogens is 451 g/mol. The van der Waals surface area contributed by atoms with Crippen LogP contribution in [0.4, 0.5) is 5.69 Å². The molecule has 3 aromatic rings. The van der Waals surface area contributed by atoms with Gasteiger partial charge in [0, 0.05) is 22.7 Å². The van der Waals surface area contributed by atoms with Crippen molar-refractivity contribution in [1.29, 1.82) is 5.26 Å². The summed E-state index contributed by atoms with van der Waals surface area (Å²) >= 11 is 12.7. The van der Waals surface area contributed by atoms with Crippen molar-refractivity contribution >= 4 is 40.5 Å². The largest absolute Gasteiger partial charge is 0.490 e. The van der Waals surface area contributed by atoms with Crippen LogP contribution in [-0.4, -0.2) is 11.5 Å². The first-order valence-electron chi connectivity index (χ1n) is 9.62. The van der Waals surface area contributed by atoms with Crippen molar-refractivity contribution in [2.45, 2.75) is 13.5 Å². The zero-order chi connectivity index (χ0) is 23.1. The quantitative estimate of drug-likeness (QED) is 0.154. The lowest BCUT2D eigenvalue weighted by Crippen LogP contribution is -2.01. The number of hydrogen-bond donors (Lipinski definition) is 0. The van der Waals surface area contributed by atoms with Gasteiger partial charge in [-0.1, -0.05) is 53.5 Å². The number of nitro benzene ring substituents is 1. The zero-order valence-electron chi connectivity index (χ0n) is 17.0. The highest BCUT2D eigenvalue weighted by molar-refractivity contribution is 6.32. The number of nitrogens with zero attached hydrogens (tertiary/aromatic N) is 2. The molecule has 3 rings (SSSR count). The molecule has 0 bridgehead atoms. The molecule has 0 saturated carbocycles. The predicted molar refractivity (Wildman–Crippen MR) is 125 cm³/mol. The molecule has 3 aromatic carbocycles. The third-order valence-corrected chi connectivity index (χ3v) is 5.11. The Kier molecular flexibility index (Phi) is 7.72. The maximum absolute atomic E-state index is 11.1. The third kappa shape index (κ3) is 5.58. The van der Waals surface area contributed by atoms with Crippen molar-refractivity contribution < 1.29 is 14.4 Å². The number of rotatable bonds is 8. The van der Waals surface area contributed by atoms with Gasteiger partial charge < -0.3 is 9.47 Å². The molecule has 32 heavy (non-hydrogen) atoms. The van der Waals surface area contributed by atoms with Gasteiger partial charge in [-0.2, -0.15) is 5.26 Å². The van der Waals surface area contributed by atoms with Gasteiger partial charge in [-0.25, -0.2) is 0 Å². The van der Waals surface area contributed by atoms with Crippen molar-refractivity contribution in [2.75, 3.05) is 6.61 Å². The van der Waals surface area contributed by atoms with Crippen LogP contribution in [0.2, 0.25) is 10.0 Å². The summed E-state index contributed by atoms with van der Waals surface area (Å²) in [6.07, 6.45) is 1.59. The summed E-state index contributed by atoms with van der Waals surface area (Å²) in [6.45, 7) is 2.41. The highest BCUT2D eigenvalue weighted by atomic mass is 35.5. The molecule has 0 radical (unpaired) electrons. The van der Waals surface area contributed by atoms with E-state index in [0.29, 0.717) is 39.3 Å². The fourth-order valence-electron chi connectivity index (χ4n) is 2.97. The second-order valence-electron chi connectivity index (χ2n) is 6.62. The molecule has 162 valence electrons. The van der Waals surface area contributed by atoms with Crippen LogP contribution >= 0.6 is 23.2 Å². The number of non-ortho nitro benzene ring substituents is 1. The minimum atomic E-state index is -0.506. The molecular formula is C24H18Cl2N2O4. The number of halogens is 2. The Morgan fingerprint density at radius 3 is 2.56 bits per heavy atom.